The van der Waals surface area contributed by atoms with Crippen molar-refractivity contribution in [1.82, 2.24) is 15.2 Å². The van der Waals surface area contributed by atoms with Crippen LogP contribution in [-0.4, -0.2) is 58.0 Å². The molecule has 11 heteroatoms. The summed E-state index contributed by atoms with van der Waals surface area (Å²) in [5.74, 6) is -1.93. The van der Waals surface area contributed by atoms with Crippen molar-refractivity contribution in [1.29, 1.82) is 0 Å². The molecule has 220 valence electrons. The van der Waals surface area contributed by atoms with E-state index < -0.39 is 29.6 Å². The lowest BCUT2D eigenvalue weighted by molar-refractivity contribution is -0.141. The number of likely N-dealkylation sites (tertiary alicyclic amines) is 1. The molecular formula is C32H29ClN4O6. The number of aromatic amines is 1. The quantitative estimate of drug-likeness (QED) is 0.238. The van der Waals surface area contributed by atoms with Gasteiger partial charge in [-0.2, -0.15) is 0 Å². The number of nitrogens with zero attached hydrogens (tertiary/aromatic N) is 1. The number of anilines is 1. The lowest BCUT2D eigenvalue weighted by Gasteiger charge is -2.45. The molecule has 1 spiro atoms. The van der Waals surface area contributed by atoms with Gasteiger partial charge in [0.25, 0.3) is 5.91 Å². The van der Waals surface area contributed by atoms with Crippen LogP contribution in [0.1, 0.15) is 50.4 Å². The first-order valence-electron chi connectivity index (χ1n) is 13.9. The van der Waals surface area contributed by atoms with E-state index in [1.54, 1.807) is 42.2 Å². The highest BCUT2D eigenvalue weighted by Gasteiger charge is 2.47. The Balaban J connectivity index is 1.30. The molecule has 10 nitrogen and oxygen atoms in total. The number of carboxylic acid groups (broad SMARTS) is 1. The summed E-state index contributed by atoms with van der Waals surface area (Å²) in [6.45, 7) is 2.18. The third-order valence-corrected chi connectivity index (χ3v) is 8.35. The van der Waals surface area contributed by atoms with Crippen LogP contribution in [0.4, 0.5) is 10.5 Å². The van der Waals surface area contributed by atoms with E-state index in [0.717, 1.165) is 5.56 Å². The van der Waals surface area contributed by atoms with Gasteiger partial charge < -0.3 is 25.0 Å². The van der Waals surface area contributed by atoms with Gasteiger partial charge in [0.1, 0.15) is 6.04 Å². The molecule has 2 atom stereocenters. The zero-order valence-electron chi connectivity index (χ0n) is 23.3. The number of carbonyl (C=O) groups excluding carboxylic acids is 3. The molecule has 1 saturated heterocycles. The van der Waals surface area contributed by atoms with Gasteiger partial charge in [0.2, 0.25) is 5.91 Å². The van der Waals surface area contributed by atoms with Crippen LogP contribution in [-0.2, 0) is 21.6 Å². The van der Waals surface area contributed by atoms with Crippen LogP contribution in [0.3, 0.4) is 0 Å². The highest BCUT2D eigenvalue weighted by atomic mass is 35.5. The van der Waals surface area contributed by atoms with Gasteiger partial charge in [0.15, 0.2) is 5.60 Å². The van der Waals surface area contributed by atoms with Crippen LogP contribution in [0.25, 0.3) is 10.9 Å². The number of piperidine rings is 1. The Hall–Kier alpha value is -4.83. The van der Waals surface area contributed by atoms with E-state index in [2.05, 4.69) is 15.6 Å². The smallest absolute Gasteiger partial charge is 0.412 e. The van der Waals surface area contributed by atoms with E-state index in [1.807, 2.05) is 30.3 Å². The number of H-pyrrole nitrogens is 1. The fourth-order valence-electron chi connectivity index (χ4n) is 6.14. The Morgan fingerprint density at radius 1 is 1.12 bits per heavy atom. The number of amides is 3. The van der Waals surface area contributed by atoms with Gasteiger partial charge in [-0.25, -0.2) is 9.59 Å². The first-order chi connectivity index (χ1) is 20.6. The summed E-state index contributed by atoms with van der Waals surface area (Å²) >= 11 is 6.30. The van der Waals surface area contributed by atoms with Crippen LogP contribution in [0, 0.1) is 6.92 Å². The lowest BCUT2D eigenvalue weighted by atomic mass is 9.83. The molecule has 3 heterocycles. The second kappa shape index (κ2) is 11.1. The number of aryl methyl sites for hydroxylation is 1. The Morgan fingerprint density at radius 2 is 1.91 bits per heavy atom. The number of aromatic carboxylic acids is 1. The molecule has 4 aromatic rings. The summed E-state index contributed by atoms with van der Waals surface area (Å²) in [7, 11) is 0. The molecule has 43 heavy (non-hydrogen) atoms. The molecule has 0 aliphatic carbocycles. The van der Waals surface area contributed by atoms with E-state index in [-0.39, 0.29) is 30.0 Å². The molecule has 0 unspecified atom stereocenters. The minimum atomic E-state index is -1.10. The third-order valence-electron chi connectivity index (χ3n) is 8.11. The van der Waals surface area contributed by atoms with Crippen LogP contribution < -0.4 is 10.6 Å². The number of carboxylic acids is 1. The Bertz CT molecular complexity index is 1770. The van der Waals surface area contributed by atoms with E-state index >= 15 is 0 Å². The third kappa shape index (κ3) is 5.41. The van der Waals surface area contributed by atoms with Gasteiger partial charge >= 0.3 is 12.1 Å². The van der Waals surface area contributed by atoms with Crippen molar-refractivity contribution in [3.8, 4) is 0 Å². The number of fused-ring (bicyclic) bond motifs is 3. The predicted octanol–water partition coefficient (Wildman–Crippen LogP) is 5.25. The number of hydrogen-bond donors (Lipinski definition) is 4. The maximum Gasteiger partial charge on any atom is 0.412 e. The second-order valence-electron chi connectivity index (χ2n) is 11.0. The van der Waals surface area contributed by atoms with Crippen molar-refractivity contribution in [2.24, 2.45) is 0 Å². The molecule has 2 aliphatic heterocycles. The first kappa shape index (κ1) is 28.3. The molecule has 3 aromatic carbocycles. The van der Waals surface area contributed by atoms with Gasteiger partial charge in [-0.05, 0) is 61.7 Å². The molecular weight excluding hydrogens is 572 g/mol. The normalized spacial score (nSPS) is 18.5. The van der Waals surface area contributed by atoms with Gasteiger partial charge in [0.05, 0.1) is 17.8 Å². The molecule has 0 bridgehead atoms. The Morgan fingerprint density at radius 3 is 2.67 bits per heavy atom. The standard InChI is InChI=1S/C32H29ClN4O6/c1-18-27(30(40)41)22-15-20(8-10-24(22)34-18)28(38)35-26(14-19-6-3-2-4-7-19)29(39)37-13-5-12-32(17-37)23-16-21(33)9-11-25(23)36-31(42)43-32/h2-4,6-11,15-16,26,34H,5,12-14,17H2,1H3,(H,35,38)(H,36,42)(H,40,41)/t26-,32-/m0/s1. The molecule has 1 fully saturated rings. The molecule has 6 rings (SSSR count). The molecule has 0 radical (unpaired) electrons. The average molecular weight is 601 g/mol. The van der Waals surface area contributed by atoms with E-state index in [4.69, 9.17) is 16.3 Å². The van der Waals surface area contributed by atoms with Crippen molar-refractivity contribution < 1.29 is 29.0 Å². The van der Waals surface area contributed by atoms with Gasteiger partial charge in [-0.15, -0.1) is 0 Å². The summed E-state index contributed by atoms with van der Waals surface area (Å²) in [5, 5.41) is 16.2. The van der Waals surface area contributed by atoms with Crippen molar-refractivity contribution in [3.63, 3.8) is 0 Å². The first-order valence-corrected chi connectivity index (χ1v) is 14.3. The highest BCUT2D eigenvalue weighted by Crippen LogP contribution is 2.43. The number of hydrogen-bond acceptors (Lipinski definition) is 5. The summed E-state index contributed by atoms with van der Waals surface area (Å²) < 4.78 is 5.86. The van der Waals surface area contributed by atoms with Crippen molar-refractivity contribution in [3.05, 3.63) is 99.7 Å². The number of aromatic nitrogens is 1. The summed E-state index contributed by atoms with van der Waals surface area (Å²) in [6, 6.07) is 18.3. The van der Waals surface area contributed by atoms with Gasteiger partial charge in [0, 0.05) is 45.7 Å². The number of halogens is 1. The highest BCUT2D eigenvalue weighted by molar-refractivity contribution is 6.30. The van der Waals surface area contributed by atoms with Gasteiger partial charge in [-0.3, -0.25) is 14.9 Å². The number of carbonyl (C=O) groups is 4. The van der Waals surface area contributed by atoms with E-state index in [1.165, 1.54) is 6.07 Å². The van der Waals surface area contributed by atoms with Crippen LogP contribution in [0.2, 0.25) is 5.02 Å². The zero-order valence-corrected chi connectivity index (χ0v) is 24.0. The maximum atomic E-state index is 14.2. The number of nitrogens with one attached hydrogen (secondary N) is 3. The van der Waals surface area contributed by atoms with Crippen molar-refractivity contribution in [2.45, 2.75) is 37.8 Å². The maximum absolute atomic E-state index is 14.2. The molecule has 4 N–H and O–H groups in total. The molecule has 3 amide bonds. The second-order valence-corrected chi connectivity index (χ2v) is 11.4. The number of benzene rings is 3. The van der Waals surface area contributed by atoms with Crippen molar-refractivity contribution in [2.75, 3.05) is 18.4 Å². The molecule has 2 aliphatic rings. The number of rotatable bonds is 6. The Labute approximate surface area is 252 Å². The lowest BCUT2D eigenvalue weighted by Crippen LogP contribution is -2.57. The fourth-order valence-corrected chi connectivity index (χ4v) is 6.31. The predicted molar refractivity (Wildman–Crippen MR) is 160 cm³/mol. The molecule has 0 saturated carbocycles. The largest absolute Gasteiger partial charge is 0.478 e. The minimum absolute atomic E-state index is 0.0945. The fraction of sp³-hybridized carbons (Fsp3) is 0.250. The van der Waals surface area contributed by atoms with E-state index in [9.17, 15) is 24.3 Å². The zero-order chi connectivity index (χ0) is 30.3. The summed E-state index contributed by atoms with van der Waals surface area (Å²) in [5.41, 5.74) is 2.45. The number of ether oxygens (including phenoxy) is 1. The molecule has 1 aromatic heterocycles. The van der Waals surface area contributed by atoms with Gasteiger partial charge in [-0.1, -0.05) is 41.9 Å². The summed E-state index contributed by atoms with van der Waals surface area (Å²) in [4.78, 5) is 56.8. The average Bonchev–Trinajstić information content (AvgIpc) is 3.32. The minimum Gasteiger partial charge on any atom is -0.478 e. The van der Waals surface area contributed by atoms with Crippen LogP contribution in [0.15, 0.2) is 66.7 Å². The van der Waals surface area contributed by atoms with Crippen molar-refractivity contribution >= 4 is 52.1 Å². The van der Waals surface area contributed by atoms with Crippen LogP contribution >= 0.6 is 11.6 Å². The Kier molecular flexibility index (Phi) is 7.31. The van der Waals surface area contributed by atoms with E-state index in [0.29, 0.717) is 52.3 Å². The monoisotopic (exact) mass is 600 g/mol. The summed E-state index contributed by atoms with van der Waals surface area (Å²) in [6.07, 6.45) is 0.701. The van der Waals surface area contributed by atoms with Crippen LogP contribution in [0.5, 0.6) is 0 Å². The topological polar surface area (TPSA) is 141 Å². The SMILES string of the molecule is Cc1[nH]c2ccc(C(=O)N[C@@H](Cc3ccccc3)C(=O)N3CCC[C@@]4(C3)OC(=O)Nc3ccc(Cl)cc34)cc2c1C(=O)O.